The van der Waals surface area contributed by atoms with Gasteiger partial charge < -0.3 is 25.0 Å². The van der Waals surface area contributed by atoms with Crippen LogP contribution in [0.5, 0.6) is 11.8 Å². The number of aryl methyl sites for hydroxylation is 1. The number of nitrogens with zero attached hydrogens (tertiary/aromatic N) is 5. The lowest BCUT2D eigenvalue weighted by Crippen LogP contribution is -2.67. The van der Waals surface area contributed by atoms with E-state index in [1.54, 1.807) is 6.07 Å². The number of alkyl halides is 1. The summed E-state index contributed by atoms with van der Waals surface area (Å²) in [6, 6.07) is 7.85. The third kappa shape index (κ3) is 4.54. The van der Waals surface area contributed by atoms with Crippen molar-refractivity contribution >= 4 is 5.69 Å². The minimum absolute atomic E-state index is 0.0728. The van der Waals surface area contributed by atoms with Gasteiger partial charge in [-0.05, 0) is 83.5 Å². The molecule has 5 atom stereocenters. The maximum Gasteiger partial charge on any atom is 0.221 e. The van der Waals surface area contributed by atoms with Gasteiger partial charge in [-0.25, -0.2) is 4.39 Å². The van der Waals surface area contributed by atoms with Gasteiger partial charge in [0.25, 0.3) is 0 Å². The van der Waals surface area contributed by atoms with E-state index in [1.807, 2.05) is 31.0 Å². The van der Waals surface area contributed by atoms with Crippen molar-refractivity contribution in [1.29, 1.82) is 5.26 Å². The number of nitrogen functional groups attached to an aromatic ring is 1. The Morgan fingerprint density at radius 2 is 2.05 bits per heavy atom. The number of anilines is 1. The van der Waals surface area contributed by atoms with E-state index in [0.29, 0.717) is 54.0 Å². The Hall–Kier alpha value is -3.75. The number of rotatable bonds is 6. The lowest BCUT2D eigenvalue weighted by Gasteiger charge is -2.44. The summed E-state index contributed by atoms with van der Waals surface area (Å²) in [7, 11) is 1.92. The number of likely N-dealkylation sites (N-methyl/N-ethyl adjacent to an activating group) is 1. The second-order valence-electron chi connectivity index (χ2n) is 13.2. The monoisotopic (exact) mass is 587 g/mol. The van der Waals surface area contributed by atoms with Crippen LogP contribution < -0.4 is 20.5 Å². The van der Waals surface area contributed by atoms with E-state index >= 15 is 0 Å². The molecular formula is C32H38FN7O3. The Morgan fingerprint density at radius 3 is 2.74 bits per heavy atom. The number of aromatic nitrogens is 3. The summed E-state index contributed by atoms with van der Waals surface area (Å²) in [6.07, 6.45) is 3.33. The fraction of sp³-hybridized carbons (Fsp3) is 0.562. The molecule has 2 aliphatic heterocycles. The van der Waals surface area contributed by atoms with Crippen molar-refractivity contribution in [2.24, 2.45) is 0 Å². The van der Waals surface area contributed by atoms with Crippen LogP contribution in [0.4, 0.5) is 10.1 Å². The van der Waals surface area contributed by atoms with Crippen molar-refractivity contribution in [3.8, 4) is 29.3 Å². The summed E-state index contributed by atoms with van der Waals surface area (Å²) >= 11 is 0. The van der Waals surface area contributed by atoms with Crippen molar-refractivity contribution in [1.82, 2.24) is 25.3 Å². The highest BCUT2D eigenvalue weighted by Crippen LogP contribution is 2.54. The molecule has 4 aliphatic rings. The first-order chi connectivity index (χ1) is 20.6. The number of nitrogens with one attached hydrogen (secondary N) is 1. The van der Waals surface area contributed by atoms with Gasteiger partial charge in [0.2, 0.25) is 11.8 Å². The van der Waals surface area contributed by atoms with Crippen molar-refractivity contribution < 1.29 is 18.4 Å². The standard InChI is InChI=1S/C32H38FN7O3/c1-17(23-12-19(33)16-40(23)4)41-25-13-26(42-24-15-36-31(24,2)3)38-30(37-25)28-20-6-5-10-32(29(20)43-39-28)11-9-18-7-8-22(35)21(14-34)27(18)32/h7-8,13,17,19,23-24,36H,5-6,9-12,15-16,35H2,1-4H3/t17-,19+,23-,24+,32+/m0/s1. The second kappa shape index (κ2) is 10.2. The Bertz CT molecular complexity index is 1620. The number of likely N-dealkylation sites (tertiary alicyclic amines) is 1. The molecule has 1 aromatic carbocycles. The third-order valence-corrected chi connectivity index (χ3v) is 10.1. The smallest absolute Gasteiger partial charge is 0.221 e. The third-order valence-electron chi connectivity index (χ3n) is 10.1. The summed E-state index contributed by atoms with van der Waals surface area (Å²) in [5.41, 5.74) is 10.2. The van der Waals surface area contributed by atoms with Gasteiger partial charge >= 0.3 is 0 Å². The van der Waals surface area contributed by atoms with Crippen LogP contribution in [0.15, 0.2) is 22.7 Å². The summed E-state index contributed by atoms with van der Waals surface area (Å²) < 4.78 is 33.0. The fourth-order valence-corrected chi connectivity index (χ4v) is 7.60. The van der Waals surface area contributed by atoms with E-state index in [-0.39, 0.29) is 23.8 Å². The van der Waals surface area contributed by atoms with Gasteiger partial charge in [0.15, 0.2) is 17.3 Å². The fourth-order valence-electron chi connectivity index (χ4n) is 7.60. The highest BCUT2D eigenvalue weighted by Gasteiger charge is 2.49. The van der Waals surface area contributed by atoms with Gasteiger partial charge in [-0.15, -0.1) is 0 Å². The molecule has 0 bridgehead atoms. The van der Waals surface area contributed by atoms with E-state index in [9.17, 15) is 9.65 Å². The molecule has 3 aromatic rings. The van der Waals surface area contributed by atoms with Crippen LogP contribution in [0.1, 0.15) is 74.5 Å². The molecule has 7 rings (SSSR count). The zero-order valence-corrected chi connectivity index (χ0v) is 25.1. The Labute approximate surface area is 250 Å². The largest absolute Gasteiger partial charge is 0.473 e. The van der Waals surface area contributed by atoms with Crippen molar-refractivity contribution in [3.63, 3.8) is 0 Å². The normalized spacial score (nSPS) is 28.1. The molecule has 226 valence electrons. The van der Waals surface area contributed by atoms with E-state index in [0.717, 1.165) is 54.6 Å². The SMILES string of the molecule is C[C@H](Oc1cc(O[C@@H]2CNC2(C)C)nc(-c2noc3c2CCC[C@]32CCc3ccc(N)c(C#N)c32)n1)[C@@H]1C[C@@H](F)CN1C. The molecule has 11 heteroatoms. The molecule has 2 aliphatic carbocycles. The number of hydrogen-bond donors (Lipinski definition) is 2. The molecule has 1 spiro atoms. The number of nitriles is 1. The summed E-state index contributed by atoms with van der Waals surface area (Å²) in [6.45, 7) is 7.20. The van der Waals surface area contributed by atoms with E-state index in [1.165, 1.54) is 0 Å². The molecule has 10 nitrogen and oxygen atoms in total. The van der Waals surface area contributed by atoms with Crippen LogP contribution in [0.2, 0.25) is 0 Å². The quantitative estimate of drug-likeness (QED) is 0.406. The van der Waals surface area contributed by atoms with Crippen LogP contribution in [-0.4, -0.2) is 70.1 Å². The predicted molar refractivity (Wildman–Crippen MR) is 158 cm³/mol. The van der Waals surface area contributed by atoms with E-state index in [4.69, 9.17) is 29.7 Å². The molecule has 4 heterocycles. The van der Waals surface area contributed by atoms with Crippen LogP contribution >= 0.6 is 0 Å². The molecule has 0 radical (unpaired) electrons. The molecule has 43 heavy (non-hydrogen) atoms. The minimum atomic E-state index is -0.874. The summed E-state index contributed by atoms with van der Waals surface area (Å²) in [4.78, 5) is 11.6. The minimum Gasteiger partial charge on any atom is -0.473 e. The first kappa shape index (κ1) is 28.0. The van der Waals surface area contributed by atoms with E-state index in [2.05, 4.69) is 30.4 Å². The number of halogens is 1. The first-order valence-electron chi connectivity index (χ1n) is 15.2. The van der Waals surface area contributed by atoms with Crippen LogP contribution in [0.3, 0.4) is 0 Å². The molecule has 2 saturated heterocycles. The Balaban J connectivity index is 1.28. The molecular weight excluding hydrogens is 549 g/mol. The van der Waals surface area contributed by atoms with Crippen LogP contribution in [-0.2, 0) is 18.3 Å². The summed E-state index contributed by atoms with van der Waals surface area (Å²) in [5, 5.41) is 18.0. The van der Waals surface area contributed by atoms with Gasteiger partial charge in [0, 0.05) is 30.4 Å². The van der Waals surface area contributed by atoms with Gasteiger partial charge in [-0.1, -0.05) is 11.2 Å². The lowest BCUT2D eigenvalue weighted by molar-refractivity contribution is 0.0261. The van der Waals surface area contributed by atoms with Crippen molar-refractivity contribution in [2.75, 3.05) is 25.9 Å². The zero-order chi connectivity index (χ0) is 30.1. The van der Waals surface area contributed by atoms with Gasteiger partial charge in [-0.3, -0.25) is 4.90 Å². The van der Waals surface area contributed by atoms with Gasteiger partial charge in [0.1, 0.15) is 24.4 Å². The second-order valence-corrected chi connectivity index (χ2v) is 13.2. The van der Waals surface area contributed by atoms with Crippen molar-refractivity contribution in [2.45, 2.75) is 94.7 Å². The van der Waals surface area contributed by atoms with Gasteiger partial charge in [-0.2, -0.15) is 15.2 Å². The average molecular weight is 588 g/mol. The molecule has 0 amide bonds. The lowest BCUT2D eigenvalue weighted by atomic mass is 9.68. The number of nitrogens with two attached hydrogens (primary N) is 1. The maximum absolute atomic E-state index is 14.2. The van der Waals surface area contributed by atoms with E-state index < -0.39 is 11.6 Å². The van der Waals surface area contributed by atoms with Crippen LogP contribution in [0.25, 0.3) is 11.5 Å². The van der Waals surface area contributed by atoms with Crippen molar-refractivity contribution in [3.05, 3.63) is 46.2 Å². The highest BCUT2D eigenvalue weighted by atomic mass is 19.1. The number of hydrogen-bond acceptors (Lipinski definition) is 10. The number of benzene rings is 1. The average Bonchev–Trinajstić information content (AvgIpc) is 3.67. The number of fused-ring (bicyclic) bond motifs is 4. The predicted octanol–water partition coefficient (Wildman–Crippen LogP) is 4.09. The molecule has 0 unspecified atom stereocenters. The summed E-state index contributed by atoms with van der Waals surface area (Å²) in [5.74, 6) is 1.87. The molecule has 0 saturated carbocycles. The van der Waals surface area contributed by atoms with Gasteiger partial charge in [0.05, 0.1) is 22.6 Å². The Kier molecular flexibility index (Phi) is 6.63. The Morgan fingerprint density at radius 1 is 1.23 bits per heavy atom. The zero-order valence-electron chi connectivity index (χ0n) is 25.1. The molecule has 3 N–H and O–H groups in total. The molecule has 2 aromatic heterocycles. The number of ether oxygens (including phenoxy) is 2. The molecule has 2 fully saturated rings. The highest BCUT2D eigenvalue weighted by molar-refractivity contribution is 5.68. The topological polar surface area (TPSA) is 135 Å². The first-order valence-corrected chi connectivity index (χ1v) is 15.2. The maximum atomic E-state index is 14.2. The van der Waals surface area contributed by atoms with Crippen LogP contribution in [0, 0.1) is 11.3 Å².